The second kappa shape index (κ2) is 17.4. The van der Waals surface area contributed by atoms with E-state index in [2.05, 4.69) is 6.92 Å². The second-order valence-corrected chi connectivity index (χ2v) is 6.17. The maximum atomic E-state index is 10.2. The zero-order valence-corrected chi connectivity index (χ0v) is 12.9. The number of carboxylic acids is 1. The molecule has 118 valence electrons. The molecule has 5 nitrogen and oxygen atoms in total. The Morgan fingerprint density at radius 3 is 1.50 bits per heavy atom. The van der Waals surface area contributed by atoms with Crippen LogP contribution in [0.3, 0.4) is 0 Å². The molecule has 0 unspecified atom stereocenters. The van der Waals surface area contributed by atoms with E-state index in [4.69, 9.17) is 9.66 Å². The summed E-state index contributed by atoms with van der Waals surface area (Å²) in [6, 6.07) is 0. The number of carboxylic acid groups (broad SMARTS) is 1. The second-order valence-electron chi connectivity index (χ2n) is 4.71. The molecule has 0 aromatic rings. The first-order valence-corrected chi connectivity index (χ1v) is 8.76. The molecule has 0 aromatic carbocycles. The van der Waals surface area contributed by atoms with Crippen molar-refractivity contribution in [1.82, 2.24) is 0 Å². The Hall–Kier alpha value is 0.380. The van der Waals surface area contributed by atoms with Crippen molar-refractivity contribution in [1.29, 1.82) is 0 Å². The average Bonchev–Trinajstić information content (AvgIpc) is 2.24. The van der Waals surface area contributed by atoms with Gasteiger partial charge in [0.1, 0.15) is 0 Å². The zero-order valence-electron chi connectivity index (χ0n) is 12.1. The van der Waals surface area contributed by atoms with E-state index in [9.17, 15) is 13.2 Å². The molecule has 0 saturated carbocycles. The van der Waals surface area contributed by atoms with Crippen LogP contribution in [0.4, 0.5) is 0 Å². The van der Waals surface area contributed by atoms with Gasteiger partial charge >= 0.3 is 35.5 Å². The van der Waals surface area contributed by atoms with Gasteiger partial charge in [0.15, 0.2) is 0 Å². The van der Waals surface area contributed by atoms with E-state index < -0.39 is 16.1 Å². The molecule has 7 heteroatoms. The predicted molar refractivity (Wildman–Crippen MR) is 84.1 cm³/mol. The number of carbonyl (C=O) groups is 1. The maximum absolute atomic E-state index is 10.2. The van der Waals surface area contributed by atoms with Gasteiger partial charge in [-0.1, -0.05) is 58.3 Å². The third-order valence-electron chi connectivity index (χ3n) is 2.49. The summed E-state index contributed by atoms with van der Waals surface area (Å²) in [7, 11) is -3.67. The molecule has 0 aliphatic heterocycles. The molecule has 0 aliphatic carbocycles. The summed E-state index contributed by atoms with van der Waals surface area (Å²) < 4.78 is 25.9. The molecule has 0 fully saturated rings. The van der Waals surface area contributed by atoms with Crippen LogP contribution in [-0.2, 0) is 14.9 Å². The molecule has 0 bridgehead atoms. The van der Waals surface area contributed by atoms with Crippen molar-refractivity contribution in [2.75, 3.05) is 6.26 Å². The summed E-state index contributed by atoms with van der Waals surface area (Å²) in [4.78, 5) is 10.2. The Morgan fingerprint density at radius 2 is 1.20 bits per heavy atom. The van der Waals surface area contributed by atoms with Gasteiger partial charge in [0.05, 0.1) is 6.26 Å². The molecule has 0 heterocycles. The van der Waals surface area contributed by atoms with Gasteiger partial charge in [0.2, 0.25) is 0 Å². The van der Waals surface area contributed by atoms with E-state index in [-0.39, 0.29) is 29.6 Å². The first-order valence-electron chi connectivity index (χ1n) is 6.91. The zero-order chi connectivity index (χ0) is 15.1. The Balaban J connectivity index is -0.000000414. The van der Waals surface area contributed by atoms with Crippen LogP contribution in [0.15, 0.2) is 0 Å². The summed E-state index contributed by atoms with van der Waals surface area (Å²) >= 11 is 0. The van der Waals surface area contributed by atoms with Crippen LogP contribution in [-0.4, -0.2) is 59.9 Å². The summed E-state index contributed by atoms with van der Waals surface area (Å²) in [6.07, 6.45) is 12.2. The van der Waals surface area contributed by atoms with Crippen molar-refractivity contribution in [3.63, 3.8) is 0 Å². The Bertz CT molecular complexity index is 296. The molecule has 0 aliphatic rings. The quantitative estimate of drug-likeness (QED) is 0.367. The van der Waals surface area contributed by atoms with Crippen molar-refractivity contribution in [3.8, 4) is 0 Å². The third-order valence-corrected chi connectivity index (χ3v) is 2.49. The molecule has 0 saturated heterocycles. The number of hydrogen-bond acceptors (Lipinski definition) is 3. The van der Waals surface area contributed by atoms with E-state index in [0.717, 1.165) is 12.8 Å². The van der Waals surface area contributed by atoms with Gasteiger partial charge in [0.25, 0.3) is 10.1 Å². The van der Waals surface area contributed by atoms with Crippen LogP contribution in [0.2, 0.25) is 0 Å². The molecule has 0 radical (unpaired) electrons. The van der Waals surface area contributed by atoms with Crippen LogP contribution in [0.25, 0.3) is 0 Å². The van der Waals surface area contributed by atoms with Crippen molar-refractivity contribution < 1.29 is 22.9 Å². The molecule has 20 heavy (non-hydrogen) atoms. The molecule has 0 rings (SSSR count). The number of unbranched alkanes of at least 4 members (excludes halogenated alkanes) is 8. The molecule has 0 spiro atoms. The standard InChI is InChI=1S/C12H24O2.CH4O3S.Na.H/c1-2-3-4-5-6-7-8-9-10-11-12(13)14;1-5(2,3)4;;/h2-11H2,1H3,(H,13,14);1H3,(H,2,3,4);;. The molecule has 0 atom stereocenters. The fourth-order valence-electron chi connectivity index (χ4n) is 1.59. The fourth-order valence-corrected chi connectivity index (χ4v) is 1.59. The van der Waals surface area contributed by atoms with E-state index in [1.807, 2.05) is 0 Å². The van der Waals surface area contributed by atoms with Crippen LogP contribution >= 0.6 is 0 Å². The average molecular weight is 320 g/mol. The van der Waals surface area contributed by atoms with Gasteiger partial charge in [-0.15, -0.1) is 0 Å². The van der Waals surface area contributed by atoms with Crippen molar-refractivity contribution >= 4 is 45.6 Å². The van der Waals surface area contributed by atoms with Gasteiger partial charge in [-0.05, 0) is 6.42 Å². The normalized spacial score (nSPS) is 10.2. The monoisotopic (exact) mass is 320 g/mol. The fraction of sp³-hybridized carbons (Fsp3) is 0.923. The molecule has 2 N–H and O–H groups in total. The minimum atomic E-state index is -3.67. The predicted octanol–water partition coefficient (Wildman–Crippen LogP) is 2.85. The summed E-state index contributed by atoms with van der Waals surface area (Å²) in [5.41, 5.74) is 0. The molecule has 0 aromatic heterocycles. The number of rotatable bonds is 10. The van der Waals surface area contributed by atoms with E-state index in [1.54, 1.807) is 0 Å². The Morgan fingerprint density at radius 1 is 0.900 bits per heavy atom. The summed E-state index contributed by atoms with van der Waals surface area (Å²) in [5.74, 6) is -0.659. The first-order chi connectivity index (χ1) is 8.77. The SMILES string of the molecule is CCCCCCCCCCCC(=O)O.CS(=O)(=O)O.[NaH]. The topological polar surface area (TPSA) is 91.7 Å². The van der Waals surface area contributed by atoms with Crippen LogP contribution in [0, 0.1) is 0 Å². The van der Waals surface area contributed by atoms with Crippen LogP contribution in [0.1, 0.15) is 71.1 Å². The Kier molecular flexibility index (Phi) is 22.1. The van der Waals surface area contributed by atoms with Crippen molar-refractivity contribution in [2.24, 2.45) is 0 Å². The van der Waals surface area contributed by atoms with Gasteiger partial charge < -0.3 is 5.11 Å². The molecular weight excluding hydrogens is 291 g/mol. The van der Waals surface area contributed by atoms with Crippen molar-refractivity contribution in [2.45, 2.75) is 71.1 Å². The third kappa shape index (κ3) is 42.9. The molecule has 0 amide bonds. The van der Waals surface area contributed by atoms with Crippen LogP contribution < -0.4 is 0 Å². The van der Waals surface area contributed by atoms with Crippen molar-refractivity contribution in [3.05, 3.63) is 0 Å². The minimum absolute atomic E-state index is 0. The summed E-state index contributed by atoms with van der Waals surface area (Å²) in [5, 5.41) is 8.41. The van der Waals surface area contributed by atoms with E-state index in [1.165, 1.54) is 44.9 Å². The number of hydrogen-bond donors (Lipinski definition) is 2. The van der Waals surface area contributed by atoms with E-state index in [0.29, 0.717) is 12.7 Å². The van der Waals surface area contributed by atoms with E-state index >= 15 is 0 Å². The van der Waals surface area contributed by atoms with Gasteiger partial charge in [-0.25, -0.2) is 0 Å². The van der Waals surface area contributed by atoms with Gasteiger partial charge in [-0.3, -0.25) is 9.35 Å². The first kappa shape index (κ1) is 25.3. The molecular formula is C13H29NaO5S. The van der Waals surface area contributed by atoms with Gasteiger partial charge in [-0.2, -0.15) is 8.42 Å². The Labute approximate surface area is 145 Å². The summed E-state index contributed by atoms with van der Waals surface area (Å²) in [6.45, 7) is 2.23. The van der Waals surface area contributed by atoms with Crippen LogP contribution in [0.5, 0.6) is 0 Å². The van der Waals surface area contributed by atoms with Gasteiger partial charge in [0, 0.05) is 6.42 Å². The number of aliphatic carboxylic acids is 1.